The van der Waals surface area contributed by atoms with Crippen LogP contribution in [0.25, 0.3) is 0 Å². The number of benzene rings is 1. The van der Waals surface area contributed by atoms with E-state index in [9.17, 15) is 8.42 Å². The lowest BCUT2D eigenvalue weighted by atomic mass is 9.98. The van der Waals surface area contributed by atoms with Crippen LogP contribution < -0.4 is 15.8 Å². The Morgan fingerprint density at radius 2 is 2.05 bits per heavy atom. The van der Waals surface area contributed by atoms with E-state index in [0.717, 1.165) is 43.7 Å². The molecule has 5 nitrogen and oxygen atoms in total. The maximum absolute atomic E-state index is 11.3. The molecule has 0 atom stereocenters. The smallest absolute Gasteiger partial charge is 0.238 e. The van der Waals surface area contributed by atoms with Crippen molar-refractivity contribution in [1.29, 1.82) is 0 Å². The molecule has 0 aliphatic carbocycles. The van der Waals surface area contributed by atoms with Crippen LogP contribution >= 0.6 is 0 Å². The van der Waals surface area contributed by atoms with Crippen molar-refractivity contribution in [2.75, 3.05) is 25.0 Å². The Kier molecular flexibility index (Phi) is 4.44. The number of nitrogens with one attached hydrogen (secondary N) is 2. The summed E-state index contributed by atoms with van der Waals surface area (Å²) in [5, 5.41) is 11.8. The molecule has 0 unspecified atom stereocenters. The molecule has 1 aliphatic heterocycles. The molecule has 1 aromatic rings. The van der Waals surface area contributed by atoms with E-state index >= 15 is 0 Å². The van der Waals surface area contributed by atoms with Gasteiger partial charge in [0.2, 0.25) is 10.0 Å². The topological polar surface area (TPSA) is 84.2 Å². The van der Waals surface area contributed by atoms with Crippen molar-refractivity contribution < 1.29 is 8.42 Å². The standard InChI is InChI=1S/C13H21N3O2S/c1-10-2-3-12(19(14,17)18)8-13(10)16-9-11-4-6-15-7-5-11/h2-3,8,11,15-16H,4-7,9H2,1H3,(H2,14,17,18). The highest BCUT2D eigenvalue weighted by Gasteiger charge is 2.14. The summed E-state index contributed by atoms with van der Waals surface area (Å²) in [6.45, 7) is 4.94. The van der Waals surface area contributed by atoms with E-state index in [4.69, 9.17) is 5.14 Å². The van der Waals surface area contributed by atoms with E-state index in [1.165, 1.54) is 0 Å². The highest BCUT2D eigenvalue weighted by molar-refractivity contribution is 7.89. The van der Waals surface area contributed by atoms with Gasteiger partial charge in [0.1, 0.15) is 0 Å². The second-order valence-corrected chi connectivity index (χ2v) is 6.66. The van der Waals surface area contributed by atoms with Gasteiger partial charge in [0.25, 0.3) is 0 Å². The van der Waals surface area contributed by atoms with Gasteiger partial charge in [-0.05, 0) is 56.5 Å². The molecule has 4 N–H and O–H groups in total. The molecule has 0 amide bonds. The Hall–Kier alpha value is -1.11. The van der Waals surface area contributed by atoms with Gasteiger partial charge in [-0.25, -0.2) is 13.6 Å². The first-order valence-corrected chi connectivity index (χ1v) is 8.09. The van der Waals surface area contributed by atoms with Crippen LogP contribution in [0.1, 0.15) is 18.4 Å². The Balaban J connectivity index is 2.06. The minimum Gasteiger partial charge on any atom is -0.385 e. The minimum atomic E-state index is -3.64. The van der Waals surface area contributed by atoms with Crippen molar-refractivity contribution in [1.82, 2.24) is 5.32 Å². The summed E-state index contributed by atoms with van der Waals surface area (Å²) in [5.41, 5.74) is 1.88. The maximum atomic E-state index is 11.3. The van der Waals surface area contributed by atoms with Gasteiger partial charge < -0.3 is 10.6 Å². The molecule has 1 saturated heterocycles. The van der Waals surface area contributed by atoms with Crippen LogP contribution in [-0.4, -0.2) is 28.1 Å². The van der Waals surface area contributed by atoms with Crippen molar-refractivity contribution in [3.8, 4) is 0 Å². The van der Waals surface area contributed by atoms with Crippen LogP contribution in [0.5, 0.6) is 0 Å². The van der Waals surface area contributed by atoms with Gasteiger partial charge in [0.15, 0.2) is 0 Å². The van der Waals surface area contributed by atoms with Gasteiger partial charge in [-0.1, -0.05) is 6.07 Å². The third kappa shape index (κ3) is 3.92. The first-order chi connectivity index (χ1) is 8.97. The summed E-state index contributed by atoms with van der Waals surface area (Å²) in [5.74, 6) is 0.638. The van der Waals surface area contributed by atoms with E-state index in [1.807, 2.05) is 6.92 Å². The third-order valence-corrected chi connectivity index (χ3v) is 4.49. The zero-order valence-electron chi connectivity index (χ0n) is 11.1. The number of sulfonamides is 1. The fraction of sp³-hybridized carbons (Fsp3) is 0.538. The van der Waals surface area contributed by atoms with Crippen LogP contribution in [0, 0.1) is 12.8 Å². The average molecular weight is 283 g/mol. The van der Waals surface area contributed by atoms with Crippen molar-refractivity contribution in [2.45, 2.75) is 24.7 Å². The molecule has 2 rings (SSSR count). The van der Waals surface area contributed by atoms with Gasteiger partial charge in [-0.2, -0.15) is 0 Å². The molecule has 0 aromatic heterocycles. The number of anilines is 1. The van der Waals surface area contributed by atoms with E-state index in [0.29, 0.717) is 5.92 Å². The fourth-order valence-electron chi connectivity index (χ4n) is 2.31. The molecule has 6 heteroatoms. The number of rotatable bonds is 4. The molecular formula is C13H21N3O2S. The second-order valence-electron chi connectivity index (χ2n) is 5.10. The van der Waals surface area contributed by atoms with Crippen LogP contribution in [-0.2, 0) is 10.0 Å². The highest BCUT2D eigenvalue weighted by atomic mass is 32.2. The highest BCUT2D eigenvalue weighted by Crippen LogP contribution is 2.21. The summed E-state index contributed by atoms with van der Waals surface area (Å²) in [7, 11) is -3.64. The molecule has 1 aromatic carbocycles. The van der Waals surface area contributed by atoms with Gasteiger partial charge in [-0.3, -0.25) is 0 Å². The van der Waals surface area contributed by atoms with Crippen molar-refractivity contribution in [2.24, 2.45) is 11.1 Å². The maximum Gasteiger partial charge on any atom is 0.238 e. The predicted octanol–water partition coefficient (Wildman–Crippen LogP) is 1.05. The summed E-state index contributed by atoms with van der Waals surface area (Å²) >= 11 is 0. The lowest BCUT2D eigenvalue weighted by Gasteiger charge is -2.23. The lowest BCUT2D eigenvalue weighted by Crippen LogP contribution is -2.31. The van der Waals surface area contributed by atoms with Crippen molar-refractivity contribution in [3.63, 3.8) is 0 Å². The van der Waals surface area contributed by atoms with Crippen LogP contribution in [0.4, 0.5) is 5.69 Å². The fourth-order valence-corrected chi connectivity index (χ4v) is 2.85. The van der Waals surface area contributed by atoms with Crippen LogP contribution in [0.15, 0.2) is 23.1 Å². The second kappa shape index (κ2) is 5.90. The number of primary sulfonamides is 1. The largest absolute Gasteiger partial charge is 0.385 e. The van der Waals surface area contributed by atoms with Crippen molar-refractivity contribution >= 4 is 15.7 Å². The summed E-state index contributed by atoms with van der Waals surface area (Å²) in [4.78, 5) is 0.158. The summed E-state index contributed by atoms with van der Waals surface area (Å²) < 4.78 is 22.7. The Bertz CT molecular complexity index is 537. The number of aryl methyl sites for hydroxylation is 1. The zero-order chi connectivity index (χ0) is 13.9. The first-order valence-electron chi connectivity index (χ1n) is 6.55. The van der Waals surface area contributed by atoms with Gasteiger partial charge in [0.05, 0.1) is 4.90 Å². The molecule has 0 bridgehead atoms. The zero-order valence-corrected chi connectivity index (χ0v) is 12.0. The summed E-state index contributed by atoms with van der Waals surface area (Å²) in [6.07, 6.45) is 2.31. The molecular weight excluding hydrogens is 262 g/mol. The number of hydrogen-bond donors (Lipinski definition) is 3. The Morgan fingerprint density at radius 3 is 2.68 bits per heavy atom. The Morgan fingerprint density at radius 1 is 1.37 bits per heavy atom. The van der Waals surface area contributed by atoms with Crippen LogP contribution in [0.3, 0.4) is 0 Å². The predicted molar refractivity (Wildman–Crippen MR) is 76.6 cm³/mol. The molecule has 106 valence electrons. The monoisotopic (exact) mass is 283 g/mol. The number of piperidine rings is 1. The molecule has 0 saturated carbocycles. The number of nitrogens with two attached hydrogens (primary N) is 1. The average Bonchev–Trinajstić information content (AvgIpc) is 2.37. The molecule has 0 radical (unpaired) electrons. The third-order valence-electron chi connectivity index (χ3n) is 3.58. The lowest BCUT2D eigenvalue weighted by molar-refractivity contribution is 0.390. The molecule has 19 heavy (non-hydrogen) atoms. The Labute approximate surface area is 114 Å². The summed E-state index contributed by atoms with van der Waals surface area (Å²) in [6, 6.07) is 4.94. The van der Waals surface area contributed by atoms with E-state index in [-0.39, 0.29) is 4.90 Å². The van der Waals surface area contributed by atoms with Crippen molar-refractivity contribution in [3.05, 3.63) is 23.8 Å². The SMILES string of the molecule is Cc1ccc(S(N)(=O)=O)cc1NCC1CCNCC1. The quantitative estimate of drug-likeness (QED) is 0.771. The molecule has 1 aliphatic rings. The van der Waals surface area contributed by atoms with E-state index in [1.54, 1.807) is 18.2 Å². The minimum absolute atomic E-state index is 0.158. The van der Waals surface area contributed by atoms with Gasteiger partial charge >= 0.3 is 0 Å². The van der Waals surface area contributed by atoms with Gasteiger partial charge in [-0.15, -0.1) is 0 Å². The molecule has 0 spiro atoms. The van der Waals surface area contributed by atoms with Gasteiger partial charge in [0, 0.05) is 12.2 Å². The normalized spacial score (nSPS) is 17.4. The van der Waals surface area contributed by atoms with E-state index < -0.39 is 10.0 Å². The molecule has 1 fully saturated rings. The number of hydrogen-bond acceptors (Lipinski definition) is 4. The van der Waals surface area contributed by atoms with E-state index in [2.05, 4.69) is 10.6 Å². The molecule has 1 heterocycles. The van der Waals surface area contributed by atoms with Crippen LogP contribution in [0.2, 0.25) is 0 Å². The first kappa shape index (κ1) is 14.3.